The van der Waals surface area contributed by atoms with Crippen molar-refractivity contribution in [3.63, 3.8) is 0 Å². The van der Waals surface area contributed by atoms with Crippen LogP contribution in [0.4, 0.5) is 0 Å². The lowest BCUT2D eigenvalue weighted by molar-refractivity contribution is -0.126. The lowest BCUT2D eigenvalue weighted by Crippen LogP contribution is -2.43. The second-order valence-corrected chi connectivity index (χ2v) is 6.91. The Hall–Kier alpha value is -2.65. The van der Waals surface area contributed by atoms with E-state index in [2.05, 4.69) is 52.7 Å². The van der Waals surface area contributed by atoms with E-state index >= 15 is 0 Å². The van der Waals surface area contributed by atoms with E-state index in [0.29, 0.717) is 0 Å². The summed E-state index contributed by atoms with van der Waals surface area (Å²) in [6, 6.07) is 24.7. The lowest BCUT2D eigenvalue weighted by atomic mass is 10.1. The van der Waals surface area contributed by atoms with Gasteiger partial charge in [0.2, 0.25) is 5.91 Å². The van der Waals surface area contributed by atoms with Crippen molar-refractivity contribution in [2.45, 2.75) is 32.5 Å². The number of fused-ring (bicyclic) bond motifs is 1. The number of carbonyl (C=O) groups excluding carboxylic acids is 1. The van der Waals surface area contributed by atoms with Gasteiger partial charge in [0, 0.05) is 6.54 Å². The quantitative estimate of drug-likeness (QED) is 0.711. The van der Waals surface area contributed by atoms with Crippen LogP contribution >= 0.6 is 0 Å². The van der Waals surface area contributed by atoms with Crippen LogP contribution in [0.25, 0.3) is 10.8 Å². The molecule has 0 spiro atoms. The molecule has 0 bridgehead atoms. The third-order valence-electron chi connectivity index (χ3n) is 4.94. The highest BCUT2D eigenvalue weighted by Crippen LogP contribution is 2.17. The third-order valence-corrected chi connectivity index (χ3v) is 4.94. The highest BCUT2D eigenvalue weighted by atomic mass is 16.2. The maximum absolute atomic E-state index is 12.6. The van der Waals surface area contributed by atoms with Gasteiger partial charge in [-0.15, -0.1) is 0 Å². The minimum absolute atomic E-state index is 0.000203. The Labute approximate surface area is 155 Å². The summed E-state index contributed by atoms with van der Waals surface area (Å²) in [7, 11) is 1.99. The zero-order valence-electron chi connectivity index (χ0n) is 15.6. The normalized spacial score (nSPS) is 13.5. The Kier molecular flexibility index (Phi) is 5.69. The predicted molar refractivity (Wildman–Crippen MR) is 108 cm³/mol. The Balaban J connectivity index is 1.62. The van der Waals surface area contributed by atoms with Crippen LogP contribution in [0, 0.1) is 0 Å². The highest BCUT2D eigenvalue weighted by molar-refractivity contribution is 5.83. The fourth-order valence-electron chi connectivity index (χ4n) is 3.12. The molecular weight excluding hydrogens is 320 g/mol. The van der Waals surface area contributed by atoms with Crippen molar-refractivity contribution in [1.82, 2.24) is 10.2 Å². The standard InChI is InChI=1S/C23H26N2O/c1-17(20-9-5-4-6-10-20)24-23(26)18(2)25(3)16-19-13-14-21-11-7-8-12-22(21)15-19/h4-15,17-18H,16H2,1-3H3,(H,24,26)/t17-,18+/m1/s1. The molecule has 0 radical (unpaired) electrons. The first-order valence-electron chi connectivity index (χ1n) is 9.08. The van der Waals surface area contributed by atoms with E-state index < -0.39 is 0 Å². The van der Waals surface area contributed by atoms with Gasteiger partial charge in [-0.05, 0) is 48.9 Å². The molecule has 0 aliphatic rings. The van der Waals surface area contributed by atoms with Crippen molar-refractivity contribution >= 4 is 16.7 Å². The van der Waals surface area contributed by atoms with Crippen molar-refractivity contribution in [2.24, 2.45) is 0 Å². The number of rotatable bonds is 6. The van der Waals surface area contributed by atoms with Gasteiger partial charge in [0.15, 0.2) is 0 Å². The molecule has 3 nitrogen and oxygen atoms in total. The van der Waals surface area contributed by atoms with E-state index in [0.717, 1.165) is 12.1 Å². The van der Waals surface area contributed by atoms with Crippen LogP contribution in [-0.2, 0) is 11.3 Å². The van der Waals surface area contributed by atoms with Gasteiger partial charge < -0.3 is 5.32 Å². The molecule has 0 saturated carbocycles. The van der Waals surface area contributed by atoms with E-state index in [4.69, 9.17) is 0 Å². The van der Waals surface area contributed by atoms with Gasteiger partial charge in [0.1, 0.15) is 0 Å². The van der Waals surface area contributed by atoms with E-state index in [1.807, 2.05) is 51.2 Å². The second-order valence-electron chi connectivity index (χ2n) is 6.91. The van der Waals surface area contributed by atoms with Crippen LogP contribution in [0.1, 0.15) is 31.0 Å². The molecule has 0 aliphatic heterocycles. The molecule has 134 valence electrons. The number of nitrogens with zero attached hydrogens (tertiary/aromatic N) is 1. The molecule has 0 saturated heterocycles. The number of nitrogens with one attached hydrogen (secondary N) is 1. The highest BCUT2D eigenvalue weighted by Gasteiger charge is 2.20. The molecule has 3 heteroatoms. The summed E-state index contributed by atoms with van der Waals surface area (Å²) in [6.07, 6.45) is 0. The van der Waals surface area contributed by atoms with Gasteiger partial charge in [-0.1, -0.05) is 66.7 Å². The van der Waals surface area contributed by atoms with Gasteiger partial charge in [-0.2, -0.15) is 0 Å². The first-order valence-corrected chi connectivity index (χ1v) is 9.08. The van der Waals surface area contributed by atoms with Crippen LogP contribution in [0.5, 0.6) is 0 Å². The van der Waals surface area contributed by atoms with Crippen molar-refractivity contribution in [1.29, 1.82) is 0 Å². The lowest BCUT2D eigenvalue weighted by Gasteiger charge is -2.26. The smallest absolute Gasteiger partial charge is 0.237 e. The fourth-order valence-corrected chi connectivity index (χ4v) is 3.12. The van der Waals surface area contributed by atoms with E-state index in [1.165, 1.54) is 16.3 Å². The van der Waals surface area contributed by atoms with E-state index in [9.17, 15) is 4.79 Å². The van der Waals surface area contributed by atoms with Gasteiger partial charge in [0.25, 0.3) is 0 Å². The molecule has 0 fully saturated rings. The molecule has 1 N–H and O–H groups in total. The zero-order chi connectivity index (χ0) is 18.5. The number of hydrogen-bond acceptors (Lipinski definition) is 2. The van der Waals surface area contributed by atoms with Crippen LogP contribution in [0.3, 0.4) is 0 Å². The molecule has 0 aliphatic carbocycles. The summed E-state index contributed by atoms with van der Waals surface area (Å²) < 4.78 is 0. The number of amides is 1. The monoisotopic (exact) mass is 346 g/mol. The topological polar surface area (TPSA) is 32.3 Å². The van der Waals surface area contributed by atoms with Gasteiger partial charge in [0.05, 0.1) is 12.1 Å². The predicted octanol–water partition coefficient (Wildman–Crippen LogP) is 4.54. The average Bonchev–Trinajstić information content (AvgIpc) is 2.67. The molecular formula is C23H26N2O. The minimum atomic E-state index is -0.201. The molecule has 2 atom stereocenters. The molecule has 3 aromatic rings. The number of benzene rings is 3. The van der Waals surface area contributed by atoms with Gasteiger partial charge in [-0.3, -0.25) is 9.69 Å². The Morgan fingerprint density at radius 3 is 2.31 bits per heavy atom. The number of likely N-dealkylation sites (N-methyl/N-ethyl adjacent to an activating group) is 1. The van der Waals surface area contributed by atoms with Crippen molar-refractivity contribution in [3.05, 3.63) is 83.9 Å². The summed E-state index contributed by atoms with van der Waals surface area (Å²) >= 11 is 0. The molecule has 0 aromatic heterocycles. The molecule has 0 unspecified atom stereocenters. The largest absolute Gasteiger partial charge is 0.348 e. The Morgan fingerprint density at radius 1 is 0.923 bits per heavy atom. The molecule has 3 rings (SSSR count). The van der Waals surface area contributed by atoms with E-state index in [-0.39, 0.29) is 18.0 Å². The molecule has 1 amide bonds. The SMILES string of the molecule is C[C@@H](NC(=O)[C@H](C)N(C)Cc1ccc2ccccc2c1)c1ccccc1. The Morgan fingerprint density at radius 2 is 1.58 bits per heavy atom. The minimum Gasteiger partial charge on any atom is -0.348 e. The third kappa shape index (κ3) is 4.30. The summed E-state index contributed by atoms with van der Waals surface area (Å²) in [5, 5.41) is 5.58. The molecule has 3 aromatic carbocycles. The summed E-state index contributed by atoms with van der Waals surface area (Å²) in [4.78, 5) is 14.7. The van der Waals surface area contributed by atoms with Crippen LogP contribution < -0.4 is 5.32 Å². The van der Waals surface area contributed by atoms with Crippen molar-refractivity contribution in [3.8, 4) is 0 Å². The van der Waals surface area contributed by atoms with Crippen molar-refractivity contribution in [2.75, 3.05) is 7.05 Å². The zero-order valence-corrected chi connectivity index (χ0v) is 15.6. The maximum Gasteiger partial charge on any atom is 0.237 e. The second kappa shape index (κ2) is 8.15. The first kappa shape index (κ1) is 18.2. The number of hydrogen-bond donors (Lipinski definition) is 1. The molecule has 0 heterocycles. The van der Waals surface area contributed by atoms with Gasteiger partial charge in [-0.25, -0.2) is 0 Å². The van der Waals surface area contributed by atoms with Crippen molar-refractivity contribution < 1.29 is 4.79 Å². The number of carbonyl (C=O) groups is 1. The summed E-state index contributed by atoms with van der Waals surface area (Å²) in [6.45, 7) is 4.70. The van der Waals surface area contributed by atoms with Crippen LogP contribution in [0.2, 0.25) is 0 Å². The Bertz CT molecular complexity index is 876. The first-order chi connectivity index (χ1) is 12.5. The van der Waals surface area contributed by atoms with Crippen LogP contribution in [0.15, 0.2) is 72.8 Å². The fraction of sp³-hybridized carbons (Fsp3) is 0.261. The molecule has 26 heavy (non-hydrogen) atoms. The maximum atomic E-state index is 12.6. The summed E-state index contributed by atoms with van der Waals surface area (Å²) in [5.41, 5.74) is 2.33. The summed E-state index contributed by atoms with van der Waals surface area (Å²) in [5.74, 6) is 0.0460. The van der Waals surface area contributed by atoms with E-state index in [1.54, 1.807) is 0 Å². The average molecular weight is 346 g/mol. The van der Waals surface area contributed by atoms with Gasteiger partial charge >= 0.3 is 0 Å². The van der Waals surface area contributed by atoms with Crippen LogP contribution in [-0.4, -0.2) is 23.9 Å².